The molecule has 14 heavy (non-hydrogen) atoms. The van der Waals surface area contributed by atoms with Crippen LogP contribution in [0, 0.1) is 0 Å². The highest BCUT2D eigenvalue weighted by atomic mass is 16.5. The van der Waals surface area contributed by atoms with Gasteiger partial charge in [0.2, 0.25) is 0 Å². The molecule has 5 nitrogen and oxygen atoms in total. The number of ether oxygens (including phenoxy) is 1. The molecule has 0 aliphatic heterocycles. The maximum Gasteiger partial charge on any atom is 0.339 e. The molecule has 0 atom stereocenters. The molecule has 3 N–H and O–H groups in total. The second-order valence-corrected chi connectivity index (χ2v) is 2.58. The van der Waals surface area contributed by atoms with Crippen molar-refractivity contribution in [1.29, 1.82) is 0 Å². The number of aromatic hydroxyl groups is 2. The molecule has 76 valence electrons. The second-order valence-electron chi connectivity index (χ2n) is 2.58. The van der Waals surface area contributed by atoms with Gasteiger partial charge >= 0.3 is 5.97 Å². The van der Waals surface area contributed by atoms with Crippen molar-refractivity contribution in [3.8, 4) is 17.2 Å². The summed E-state index contributed by atoms with van der Waals surface area (Å²) in [4.78, 5) is 10.7. The number of aromatic carboxylic acids is 1. The molecular weight excluding hydrogens is 188 g/mol. The van der Waals surface area contributed by atoms with Gasteiger partial charge < -0.3 is 20.1 Å². The van der Waals surface area contributed by atoms with E-state index >= 15 is 0 Å². The van der Waals surface area contributed by atoms with E-state index in [2.05, 4.69) is 0 Å². The Morgan fingerprint density at radius 1 is 1.36 bits per heavy atom. The molecule has 0 radical (unpaired) electrons. The van der Waals surface area contributed by atoms with E-state index in [1.54, 1.807) is 6.92 Å². The zero-order valence-electron chi connectivity index (χ0n) is 7.52. The van der Waals surface area contributed by atoms with Gasteiger partial charge in [0.15, 0.2) is 11.5 Å². The smallest absolute Gasteiger partial charge is 0.339 e. The van der Waals surface area contributed by atoms with Gasteiger partial charge in [-0.1, -0.05) is 0 Å². The number of carboxylic acids is 1. The van der Waals surface area contributed by atoms with Gasteiger partial charge in [0.1, 0.15) is 11.3 Å². The summed E-state index contributed by atoms with van der Waals surface area (Å²) >= 11 is 0. The lowest BCUT2D eigenvalue weighted by Crippen LogP contribution is -2.02. The van der Waals surface area contributed by atoms with Gasteiger partial charge in [0, 0.05) is 12.1 Å². The van der Waals surface area contributed by atoms with Crippen LogP contribution in [-0.4, -0.2) is 27.9 Å². The standard InChI is InChI=1S/C9H10O5/c1-2-14-8-4-7(11)6(10)3-5(8)9(12)13/h3-4,10-11H,2H2,1H3,(H,12,13). The number of phenols is 2. The molecule has 0 saturated heterocycles. The van der Waals surface area contributed by atoms with Gasteiger partial charge in [0.05, 0.1) is 6.61 Å². The molecular formula is C9H10O5. The van der Waals surface area contributed by atoms with Crippen LogP contribution in [0.25, 0.3) is 0 Å². The van der Waals surface area contributed by atoms with Crippen LogP contribution in [-0.2, 0) is 0 Å². The van der Waals surface area contributed by atoms with Gasteiger partial charge in [-0.15, -0.1) is 0 Å². The minimum atomic E-state index is -1.22. The molecule has 1 aromatic carbocycles. The van der Waals surface area contributed by atoms with Crippen LogP contribution in [0.5, 0.6) is 17.2 Å². The number of hydrogen-bond donors (Lipinski definition) is 3. The highest BCUT2D eigenvalue weighted by Gasteiger charge is 2.15. The van der Waals surface area contributed by atoms with Crippen molar-refractivity contribution in [3.05, 3.63) is 17.7 Å². The van der Waals surface area contributed by atoms with Crippen LogP contribution in [0.4, 0.5) is 0 Å². The van der Waals surface area contributed by atoms with Gasteiger partial charge in [0.25, 0.3) is 0 Å². The van der Waals surface area contributed by atoms with Gasteiger partial charge in [-0.2, -0.15) is 0 Å². The van der Waals surface area contributed by atoms with E-state index in [1.807, 2.05) is 0 Å². The quantitative estimate of drug-likeness (QED) is 0.635. The largest absolute Gasteiger partial charge is 0.504 e. The first-order chi connectivity index (χ1) is 6.56. The van der Waals surface area contributed by atoms with E-state index in [0.717, 1.165) is 12.1 Å². The summed E-state index contributed by atoms with van der Waals surface area (Å²) in [7, 11) is 0. The lowest BCUT2D eigenvalue weighted by molar-refractivity contribution is 0.0692. The molecule has 0 aliphatic carbocycles. The summed E-state index contributed by atoms with van der Waals surface area (Å²) in [5, 5.41) is 26.9. The van der Waals surface area contributed by atoms with Gasteiger partial charge in [-0.05, 0) is 6.92 Å². The Hall–Kier alpha value is -1.91. The van der Waals surface area contributed by atoms with E-state index in [-0.39, 0.29) is 17.9 Å². The Bertz CT molecular complexity index is 358. The van der Waals surface area contributed by atoms with Crippen LogP contribution in [0.3, 0.4) is 0 Å². The van der Waals surface area contributed by atoms with Crippen molar-refractivity contribution < 1.29 is 24.9 Å². The highest BCUT2D eigenvalue weighted by Crippen LogP contribution is 2.32. The van der Waals surface area contributed by atoms with Gasteiger partial charge in [-0.3, -0.25) is 0 Å². The lowest BCUT2D eigenvalue weighted by atomic mass is 10.2. The van der Waals surface area contributed by atoms with E-state index in [4.69, 9.17) is 20.1 Å². The van der Waals surface area contributed by atoms with Crippen molar-refractivity contribution in [3.63, 3.8) is 0 Å². The number of phenolic OH excluding ortho intramolecular Hbond substituents is 2. The predicted molar refractivity (Wildman–Crippen MR) is 47.9 cm³/mol. The molecule has 0 spiro atoms. The third-order valence-electron chi connectivity index (χ3n) is 1.61. The third-order valence-corrected chi connectivity index (χ3v) is 1.61. The molecule has 1 rings (SSSR count). The molecule has 0 aliphatic rings. The zero-order valence-corrected chi connectivity index (χ0v) is 7.52. The average molecular weight is 198 g/mol. The van der Waals surface area contributed by atoms with E-state index in [1.165, 1.54) is 0 Å². The molecule has 0 saturated carbocycles. The van der Waals surface area contributed by atoms with Crippen LogP contribution in [0.1, 0.15) is 17.3 Å². The Kier molecular flexibility index (Phi) is 2.81. The molecule has 1 aromatic rings. The lowest BCUT2D eigenvalue weighted by Gasteiger charge is -2.08. The van der Waals surface area contributed by atoms with Crippen LogP contribution in [0.15, 0.2) is 12.1 Å². The fourth-order valence-electron chi connectivity index (χ4n) is 1.000. The minimum absolute atomic E-state index is 0.0373. The van der Waals surface area contributed by atoms with Gasteiger partial charge in [-0.25, -0.2) is 4.79 Å². The topological polar surface area (TPSA) is 87.0 Å². The first-order valence-electron chi connectivity index (χ1n) is 3.98. The molecule has 0 aromatic heterocycles. The second kappa shape index (κ2) is 3.87. The monoisotopic (exact) mass is 198 g/mol. The minimum Gasteiger partial charge on any atom is -0.504 e. The van der Waals surface area contributed by atoms with Crippen molar-refractivity contribution in [2.45, 2.75) is 6.92 Å². The molecule has 0 fully saturated rings. The summed E-state index contributed by atoms with van der Waals surface area (Å²) in [6.45, 7) is 1.97. The number of rotatable bonds is 3. The van der Waals surface area contributed by atoms with E-state index in [0.29, 0.717) is 0 Å². The van der Waals surface area contributed by atoms with Crippen molar-refractivity contribution in [2.75, 3.05) is 6.61 Å². The fraction of sp³-hybridized carbons (Fsp3) is 0.222. The summed E-state index contributed by atoms with van der Waals surface area (Å²) in [6, 6.07) is 2.02. The van der Waals surface area contributed by atoms with E-state index in [9.17, 15) is 4.79 Å². The first kappa shape index (κ1) is 10.2. The molecule has 0 unspecified atom stereocenters. The third kappa shape index (κ3) is 1.87. The fourth-order valence-corrected chi connectivity index (χ4v) is 1.000. The van der Waals surface area contributed by atoms with Crippen LogP contribution in [0.2, 0.25) is 0 Å². The van der Waals surface area contributed by atoms with Crippen molar-refractivity contribution in [2.24, 2.45) is 0 Å². The number of hydrogen-bond acceptors (Lipinski definition) is 4. The average Bonchev–Trinajstić information content (AvgIpc) is 2.11. The SMILES string of the molecule is CCOc1cc(O)c(O)cc1C(=O)O. The number of benzene rings is 1. The Labute approximate surface area is 80.2 Å². The molecule has 0 bridgehead atoms. The Balaban J connectivity index is 3.24. The maximum absolute atomic E-state index is 10.7. The number of carboxylic acid groups (broad SMARTS) is 1. The van der Waals surface area contributed by atoms with Crippen molar-refractivity contribution in [1.82, 2.24) is 0 Å². The summed E-state index contributed by atoms with van der Waals surface area (Å²) in [5.41, 5.74) is -0.179. The highest BCUT2D eigenvalue weighted by molar-refractivity contribution is 5.91. The summed E-state index contributed by atoms with van der Waals surface area (Å²) in [5.74, 6) is -2.07. The molecule has 5 heteroatoms. The zero-order chi connectivity index (χ0) is 10.7. The Morgan fingerprint density at radius 3 is 2.43 bits per heavy atom. The van der Waals surface area contributed by atoms with Crippen molar-refractivity contribution >= 4 is 5.97 Å². The maximum atomic E-state index is 10.7. The normalized spacial score (nSPS) is 9.79. The number of carbonyl (C=O) groups is 1. The van der Waals surface area contributed by atoms with Crippen LogP contribution >= 0.6 is 0 Å². The van der Waals surface area contributed by atoms with E-state index < -0.39 is 17.5 Å². The first-order valence-corrected chi connectivity index (χ1v) is 3.98. The summed E-state index contributed by atoms with van der Waals surface area (Å²) in [6.07, 6.45) is 0. The predicted octanol–water partition coefficient (Wildman–Crippen LogP) is 1.19. The summed E-state index contributed by atoms with van der Waals surface area (Å²) < 4.78 is 4.98. The van der Waals surface area contributed by atoms with Crippen LogP contribution < -0.4 is 4.74 Å². The molecule has 0 amide bonds. The molecule has 0 heterocycles. The Morgan fingerprint density at radius 2 is 1.93 bits per heavy atom.